The molecule has 1 unspecified atom stereocenters. The molecule has 0 spiro atoms. The van der Waals surface area contributed by atoms with E-state index in [-0.39, 0.29) is 23.0 Å². The van der Waals surface area contributed by atoms with Gasteiger partial charge in [0, 0.05) is 20.1 Å². The van der Waals surface area contributed by atoms with E-state index in [1.807, 2.05) is 20.1 Å². The highest BCUT2D eigenvalue weighted by molar-refractivity contribution is 7.98. The van der Waals surface area contributed by atoms with Gasteiger partial charge in [0.05, 0.1) is 0 Å². The van der Waals surface area contributed by atoms with E-state index in [4.69, 9.17) is 5.73 Å². The molecule has 3 N–H and O–H groups in total. The van der Waals surface area contributed by atoms with Gasteiger partial charge in [0.15, 0.2) is 0 Å². The summed E-state index contributed by atoms with van der Waals surface area (Å²) in [6.07, 6.45) is 2.05. The largest absolute Gasteiger partial charge is 0.383 e. The SMILES string of the molecule is CSCC(C)CNc1c(N)n(CC(C)C)c(=O)n(C)c1=O. The van der Waals surface area contributed by atoms with Crippen LogP contribution in [0.15, 0.2) is 9.59 Å². The molecule has 1 aromatic heterocycles. The molecule has 0 saturated carbocycles. The third kappa shape index (κ3) is 4.30. The molecule has 21 heavy (non-hydrogen) atoms. The van der Waals surface area contributed by atoms with Gasteiger partial charge in [-0.05, 0) is 23.8 Å². The van der Waals surface area contributed by atoms with Crippen LogP contribution >= 0.6 is 11.8 Å². The molecule has 6 nitrogen and oxygen atoms in total. The highest BCUT2D eigenvalue weighted by atomic mass is 32.2. The molecule has 0 saturated heterocycles. The summed E-state index contributed by atoms with van der Waals surface area (Å²) in [6.45, 7) is 7.26. The molecule has 0 fully saturated rings. The van der Waals surface area contributed by atoms with E-state index in [1.165, 1.54) is 11.6 Å². The van der Waals surface area contributed by atoms with Gasteiger partial charge in [-0.15, -0.1) is 0 Å². The second-order valence-electron chi connectivity index (χ2n) is 5.85. The fourth-order valence-electron chi connectivity index (χ4n) is 2.11. The number of rotatable bonds is 7. The van der Waals surface area contributed by atoms with Crippen molar-refractivity contribution in [2.24, 2.45) is 18.9 Å². The van der Waals surface area contributed by atoms with Gasteiger partial charge in [0.1, 0.15) is 11.5 Å². The van der Waals surface area contributed by atoms with Crippen molar-refractivity contribution >= 4 is 23.3 Å². The smallest absolute Gasteiger partial charge is 0.332 e. The highest BCUT2D eigenvalue weighted by Gasteiger charge is 2.16. The Kier molecular flexibility index (Phi) is 6.39. The quantitative estimate of drug-likeness (QED) is 0.790. The minimum atomic E-state index is -0.367. The maximum absolute atomic E-state index is 12.2. The van der Waals surface area contributed by atoms with Crippen LogP contribution in [0.5, 0.6) is 0 Å². The number of thioether (sulfide) groups is 1. The van der Waals surface area contributed by atoms with E-state index in [2.05, 4.69) is 12.2 Å². The maximum Gasteiger partial charge on any atom is 0.332 e. The lowest BCUT2D eigenvalue weighted by Crippen LogP contribution is -2.41. The van der Waals surface area contributed by atoms with Crippen LogP contribution in [0.4, 0.5) is 11.5 Å². The van der Waals surface area contributed by atoms with Gasteiger partial charge in [-0.1, -0.05) is 20.8 Å². The van der Waals surface area contributed by atoms with Crippen molar-refractivity contribution < 1.29 is 0 Å². The van der Waals surface area contributed by atoms with Crippen LogP contribution in [0.25, 0.3) is 0 Å². The topological polar surface area (TPSA) is 82.0 Å². The molecular weight excluding hydrogens is 288 g/mol. The number of hydrogen-bond donors (Lipinski definition) is 2. The first kappa shape index (κ1) is 17.7. The van der Waals surface area contributed by atoms with E-state index in [1.54, 1.807) is 11.8 Å². The molecule has 1 aromatic rings. The Bertz CT molecular complexity index is 592. The van der Waals surface area contributed by atoms with Crippen LogP contribution in [0.2, 0.25) is 0 Å². The van der Waals surface area contributed by atoms with Crippen LogP contribution in [-0.4, -0.2) is 27.7 Å². The van der Waals surface area contributed by atoms with Crippen molar-refractivity contribution in [3.8, 4) is 0 Å². The normalized spacial score (nSPS) is 12.7. The first-order chi connectivity index (χ1) is 9.79. The van der Waals surface area contributed by atoms with Crippen molar-refractivity contribution in [3.05, 3.63) is 20.8 Å². The van der Waals surface area contributed by atoms with E-state index >= 15 is 0 Å². The van der Waals surface area contributed by atoms with Crippen molar-refractivity contribution in [3.63, 3.8) is 0 Å². The van der Waals surface area contributed by atoms with Crippen LogP contribution < -0.4 is 22.3 Å². The highest BCUT2D eigenvalue weighted by Crippen LogP contribution is 2.14. The first-order valence-electron chi connectivity index (χ1n) is 7.11. The Morgan fingerprint density at radius 2 is 1.90 bits per heavy atom. The van der Waals surface area contributed by atoms with Gasteiger partial charge in [-0.3, -0.25) is 13.9 Å². The molecule has 0 aliphatic rings. The van der Waals surface area contributed by atoms with Crippen molar-refractivity contribution in [1.82, 2.24) is 9.13 Å². The maximum atomic E-state index is 12.2. The monoisotopic (exact) mass is 314 g/mol. The summed E-state index contributed by atoms with van der Waals surface area (Å²) >= 11 is 1.76. The van der Waals surface area contributed by atoms with E-state index in [0.717, 1.165) is 10.3 Å². The number of anilines is 2. The fraction of sp³-hybridized carbons (Fsp3) is 0.714. The zero-order chi connectivity index (χ0) is 16.2. The minimum Gasteiger partial charge on any atom is -0.383 e. The predicted octanol–water partition coefficient (Wildman–Crippen LogP) is 1.20. The van der Waals surface area contributed by atoms with Crippen molar-refractivity contribution in [2.45, 2.75) is 27.3 Å². The average molecular weight is 314 g/mol. The van der Waals surface area contributed by atoms with Crippen LogP contribution in [0.1, 0.15) is 20.8 Å². The van der Waals surface area contributed by atoms with Crippen molar-refractivity contribution in [1.29, 1.82) is 0 Å². The predicted molar refractivity (Wildman–Crippen MR) is 91.2 cm³/mol. The molecule has 1 rings (SSSR count). The summed E-state index contributed by atoms with van der Waals surface area (Å²) in [5.41, 5.74) is 5.64. The summed E-state index contributed by atoms with van der Waals surface area (Å²) in [5, 5.41) is 3.12. The molecule has 0 bridgehead atoms. The fourth-order valence-corrected chi connectivity index (χ4v) is 2.80. The number of hydrogen-bond acceptors (Lipinski definition) is 5. The Morgan fingerprint density at radius 3 is 2.43 bits per heavy atom. The van der Waals surface area contributed by atoms with Gasteiger partial charge >= 0.3 is 5.69 Å². The zero-order valence-corrected chi connectivity index (χ0v) is 14.3. The lowest BCUT2D eigenvalue weighted by molar-refractivity contribution is 0.494. The van der Waals surface area contributed by atoms with Gasteiger partial charge in [0.2, 0.25) is 0 Å². The Balaban J connectivity index is 3.17. The zero-order valence-electron chi connectivity index (χ0n) is 13.5. The third-order valence-electron chi connectivity index (χ3n) is 3.21. The summed E-state index contributed by atoms with van der Waals surface area (Å²) < 4.78 is 2.58. The molecule has 1 heterocycles. The molecule has 0 amide bonds. The lowest BCUT2D eigenvalue weighted by Gasteiger charge is -2.18. The Hall–Kier alpha value is -1.37. The number of nitrogens with two attached hydrogens (primary N) is 1. The van der Waals surface area contributed by atoms with E-state index in [9.17, 15) is 9.59 Å². The molecule has 0 aliphatic heterocycles. The summed E-state index contributed by atoms with van der Waals surface area (Å²) in [6, 6.07) is 0. The number of nitrogen functional groups attached to an aromatic ring is 1. The lowest BCUT2D eigenvalue weighted by atomic mass is 10.2. The molecular formula is C14H26N4O2S. The number of aromatic nitrogens is 2. The van der Waals surface area contributed by atoms with Gasteiger partial charge in [-0.2, -0.15) is 11.8 Å². The van der Waals surface area contributed by atoms with E-state index in [0.29, 0.717) is 24.7 Å². The second-order valence-corrected chi connectivity index (χ2v) is 6.76. The summed E-state index contributed by atoms with van der Waals surface area (Å²) in [7, 11) is 1.48. The van der Waals surface area contributed by atoms with E-state index < -0.39 is 0 Å². The van der Waals surface area contributed by atoms with Gasteiger partial charge < -0.3 is 11.1 Å². The summed E-state index contributed by atoms with van der Waals surface area (Å²) in [4.78, 5) is 24.4. The number of nitrogens with one attached hydrogen (secondary N) is 1. The second kappa shape index (κ2) is 7.59. The summed E-state index contributed by atoms with van der Waals surface area (Å²) in [5.74, 6) is 1.91. The molecule has 0 aliphatic carbocycles. The first-order valence-corrected chi connectivity index (χ1v) is 8.51. The Morgan fingerprint density at radius 1 is 1.29 bits per heavy atom. The van der Waals surface area contributed by atoms with Crippen molar-refractivity contribution in [2.75, 3.05) is 29.6 Å². The molecule has 1 atom stereocenters. The molecule has 0 aromatic carbocycles. The number of nitrogens with zero attached hydrogens (tertiary/aromatic N) is 2. The standard InChI is InChI=1S/C14H26N4O2S/c1-9(2)7-18-12(15)11(13(19)17(4)14(18)20)16-6-10(3)8-21-5/h9-10,16H,6-8,15H2,1-5H3. The Labute approximate surface area is 129 Å². The minimum absolute atomic E-state index is 0.230. The molecule has 120 valence electrons. The average Bonchev–Trinajstić information content (AvgIpc) is 2.41. The third-order valence-corrected chi connectivity index (χ3v) is 4.11. The molecule has 7 heteroatoms. The van der Waals surface area contributed by atoms with Gasteiger partial charge in [0.25, 0.3) is 5.56 Å². The van der Waals surface area contributed by atoms with Crippen LogP contribution in [-0.2, 0) is 13.6 Å². The van der Waals surface area contributed by atoms with Crippen LogP contribution in [0.3, 0.4) is 0 Å². The van der Waals surface area contributed by atoms with Gasteiger partial charge in [-0.25, -0.2) is 4.79 Å². The van der Waals surface area contributed by atoms with Crippen LogP contribution in [0, 0.1) is 11.8 Å². The molecule has 0 radical (unpaired) electrons.